The van der Waals surface area contributed by atoms with Crippen molar-refractivity contribution >= 4 is 11.9 Å². The number of piperidine rings is 1. The van der Waals surface area contributed by atoms with Gasteiger partial charge in [-0.15, -0.1) is 5.10 Å². The fourth-order valence-corrected chi connectivity index (χ4v) is 2.43. The zero-order valence-corrected chi connectivity index (χ0v) is 11.4. The Balaban J connectivity index is 1.65. The van der Waals surface area contributed by atoms with E-state index in [1.807, 2.05) is 0 Å². The molecule has 0 saturated carbocycles. The fraction of sp³-hybridized carbons (Fsp3) is 0.750. The second-order valence-electron chi connectivity index (χ2n) is 5.03. The van der Waals surface area contributed by atoms with Gasteiger partial charge in [0.1, 0.15) is 0 Å². The van der Waals surface area contributed by atoms with Crippen LogP contribution in [0, 0.1) is 0 Å². The first-order valence-electron chi connectivity index (χ1n) is 6.87. The summed E-state index contributed by atoms with van der Waals surface area (Å²) in [6.45, 7) is 5.12. The Kier molecular flexibility index (Phi) is 4.73. The minimum Gasteiger partial charge on any atom is -0.366 e. The quantitative estimate of drug-likeness (QED) is 0.669. The van der Waals surface area contributed by atoms with E-state index >= 15 is 0 Å². The van der Waals surface area contributed by atoms with Crippen molar-refractivity contribution < 1.29 is 4.79 Å². The van der Waals surface area contributed by atoms with Crippen molar-refractivity contribution in [2.75, 3.05) is 25.4 Å². The third kappa shape index (κ3) is 3.92. The van der Waals surface area contributed by atoms with Crippen molar-refractivity contribution in [3.8, 4) is 0 Å². The highest BCUT2D eigenvalue weighted by Crippen LogP contribution is 2.15. The number of amides is 1. The third-order valence-corrected chi connectivity index (χ3v) is 3.57. The number of nitrogens with zero attached hydrogens (tertiary/aromatic N) is 3. The zero-order valence-electron chi connectivity index (χ0n) is 11.4. The number of carbonyl (C=O) groups is 1. The molecular formula is C12H22N6O. The van der Waals surface area contributed by atoms with Gasteiger partial charge in [0.05, 0.1) is 0 Å². The average molecular weight is 266 g/mol. The summed E-state index contributed by atoms with van der Waals surface area (Å²) < 4.78 is 0. The van der Waals surface area contributed by atoms with Crippen LogP contribution in [0.15, 0.2) is 0 Å². The Morgan fingerprint density at radius 2 is 2.42 bits per heavy atom. The number of aromatic amines is 1. The second kappa shape index (κ2) is 6.51. The van der Waals surface area contributed by atoms with Gasteiger partial charge in [-0.05, 0) is 32.7 Å². The molecule has 1 unspecified atom stereocenters. The highest BCUT2D eigenvalue weighted by molar-refractivity contribution is 5.90. The molecule has 7 heteroatoms. The van der Waals surface area contributed by atoms with Gasteiger partial charge in [0.2, 0.25) is 11.8 Å². The van der Waals surface area contributed by atoms with E-state index in [0.717, 1.165) is 13.0 Å². The molecule has 7 nitrogen and oxygen atoms in total. The minimum atomic E-state index is -0.254. The summed E-state index contributed by atoms with van der Waals surface area (Å²) in [4.78, 5) is 17.9. The first-order chi connectivity index (χ1) is 9.16. The number of nitrogens with one attached hydrogen (secondary N) is 2. The molecule has 1 aromatic rings. The van der Waals surface area contributed by atoms with Gasteiger partial charge in [-0.3, -0.25) is 9.89 Å². The molecule has 1 aliphatic heterocycles. The summed E-state index contributed by atoms with van der Waals surface area (Å²) in [6, 6.07) is 0.665. The van der Waals surface area contributed by atoms with Crippen LogP contribution in [0.4, 0.5) is 5.95 Å². The van der Waals surface area contributed by atoms with E-state index in [9.17, 15) is 4.79 Å². The standard InChI is InChI=1S/C12H22N6O/c1-9-5-2-3-7-18(9)8-4-6-14-11(19)10-15-12(13)17-16-10/h9H,2-8H2,1H3,(H,14,19)(H3,13,15,16,17). The highest BCUT2D eigenvalue weighted by atomic mass is 16.2. The van der Waals surface area contributed by atoms with E-state index < -0.39 is 0 Å². The molecule has 106 valence electrons. The predicted octanol–water partition coefficient (Wildman–Crippen LogP) is 0.381. The number of aromatic nitrogens is 3. The lowest BCUT2D eigenvalue weighted by Crippen LogP contribution is -2.39. The van der Waals surface area contributed by atoms with Crippen LogP contribution in [-0.4, -0.2) is 51.7 Å². The summed E-state index contributed by atoms with van der Waals surface area (Å²) >= 11 is 0. The van der Waals surface area contributed by atoms with Gasteiger partial charge in [0, 0.05) is 19.1 Å². The summed E-state index contributed by atoms with van der Waals surface area (Å²) in [5, 5.41) is 8.93. The van der Waals surface area contributed by atoms with E-state index in [1.165, 1.54) is 25.8 Å². The molecule has 0 spiro atoms. The molecule has 0 bridgehead atoms. The molecule has 0 aromatic carbocycles. The number of H-pyrrole nitrogens is 1. The summed E-state index contributed by atoms with van der Waals surface area (Å²) in [7, 11) is 0. The van der Waals surface area contributed by atoms with Crippen molar-refractivity contribution in [1.29, 1.82) is 0 Å². The Bertz CT molecular complexity index is 418. The third-order valence-electron chi connectivity index (χ3n) is 3.57. The molecule has 2 rings (SSSR count). The maximum Gasteiger partial charge on any atom is 0.288 e. The van der Waals surface area contributed by atoms with Gasteiger partial charge >= 0.3 is 0 Å². The zero-order chi connectivity index (χ0) is 13.7. The maximum atomic E-state index is 11.7. The summed E-state index contributed by atoms with van der Waals surface area (Å²) in [5.74, 6) is 0.00650. The smallest absolute Gasteiger partial charge is 0.288 e. The molecule has 1 saturated heterocycles. The summed E-state index contributed by atoms with van der Waals surface area (Å²) in [5.41, 5.74) is 5.34. The van der Waals surface area contributed by atoms with Gasteiger partial charge in [0.25, 0.3) is 5.91 Å². The predicted molar refractivity (Wildman–Crippen MR) is 72.6 cm³/mol. The van der Waals surface area contributed by atoms with E-state index in [1.54, 1.807) is 0 Å². The van der Waals surface area contributed by atoms with Crippen LogP contribution in [0.5, 0.6) is 0 Å². The molecule has 1 aliphatic rings. The van der Waals surface area contributed by atoms with E-state index in [4.69, 9.17) is 5.73 Å². The lowest BCUT2D eigenvalue weighted by Gasteiger charge is -2.33. The molecule has 4 N–H and O–H groups in total. The van der Waals surface area contributed by atoms with E-state index in [-0.39, 0.29) is 17.7 Å². The Labute approximate surface area is 113 Å². The number of carbonyl (C=O) groups excluding carboxylic acids is 1. The normalized spacial score (nSPS) is 20.4. The largest absolute Gasteiger partial charge is 0.366 e. The molecule has 0 radical (unpaired) electrons. The molecule has 1 amide bonds. The lowest BCUT2D eigenvalue weighted by atomic mass is 10.0. The second-order valence-corrected chi connectivity index (χ2v) is 5.03. The highest BCUT2D eigenvalue weighted by Gasteiger charge is 2.17. The van der Waals surface area contributed by atoms with E-state index in [2.05, 4.69) is 32.3 Å². The number of nitrogen functional groups attached to an aromatic ring is 1. The first-order valence-corrected chi connectivity index (χ1v) is 6.87. The van der Waals surface area contributed by atoms with Gasteiger partial charge in [-0.25, -0.2) is 0 Å². The average Bonchev–Trinajstić information content (AvgIpc) is 2.83. The van der Waals surface area contributed by atoms with Crippen LogP contribution in [0.3, 0.4) is 0 Å². The number of hydrogen-bond donors (Lipinski definition) is 3. The minimum absolute atomic E-state index is 0.0901. The number of likely N-dealkylation sites (tertiary alicyclic amines) is 1. The Morgan fingerprint density at radius 3 is 3.11 bits per heavy atom. The molecule has 1 fully saturated rings. The molecule has 1 atom stereocenters. The first kappa shape index (κ1) is 13.8. The number of nitrogens with two attached hydrogens (primary N) is 1. The molecule has 2 heterocycles. The molecule has 19 heavy (non-hydrogen) atoms. The van der Waals surface area contributed by atoms with Gasteiger partial charge in [-0.1, -0.05) is 6.42 Å². The van der Waals surface area contributed by atoms with Crippen LogP contribution in [-0.2, 0) is 0 Å². The van der Waals surface area contributed by atoms with Crippen LogP contribution >= 0.6 is 0 Å². The van der Waals surface area contributed by atoms with Crippen molar-refractivity contribution in [3.05, 3.63) is 5.82 Å². The molecular weight excluding hydrogens is 244 g/mol. The Morgan fingerprint density at radius 1 is 1.58 bits per heavy atom. The van der Waals surface area contributed by atoms with Crippen LogP contribution < -0.4 is 11.1 Å². The van der Waals surface area contributed by atoms with Gasteiger partial charge < -0.3 is 16.0 Å². The monoisotopic (exact) mass is 266 g/mol. The fourth-order valence-electron chi connectivity index (χ4n) is 2.43. The van der Waals surface area contributed by atoms with Crippen LogP contribution in [0.1, 0.15) is 43.2 Å². The van der Waals surface area contributed by atoms with Crippen molar-refractivity contribution in [2.45, 2.75) is 38.6 Å². The van der Waals surface area contributed by atoms with Crippen LogP contribution in [0.25, 0.3) is 0 Å². The van der Waals surface area contributed by atoms with Crippen molar-refractivity contribution in [1.82, 2.24) is 25.4 Å². The van der Waals surface area contributed by atoms with Crippen molar-refractivity contribution in [2.24, 2.45) is 0 Å². The van der Waals surface area contributed by atoms with Gasteiger partial charge in [0.15, 0.2) is 0 Å². The summed E-state index contributed by atoms with van der Waals surface area (Å²) in [6.07, 6.45) is 4.85. The van der Waals surface area contributed by atoms with Crippen LogP contribution in [0.2, 0.25) is 0 Å². The number of hydrogen-bond acceptors (Lipinski definition) is 5. The topological polar surface area (TPSA) is 99.9 Å². The number of rotatable bonds is 5. The van der Waals surface area contributed by atoms with Crippen molar-refractivity contribution in [3.63, 3.8) is 0 Å². The SMILES string of the molecule is CC1CCCCN1CCCNC(=O)c1nc(N)n[nH]1. The number of anilines is 1. The molecule has 1 aromatic heterocycles. The van der Waals surface area contributed by atoms with E-state index in [0.29, 0.717) is 12.6 Å². The molecule has 0 aliphatic carbocycles. The lowest BCUT2D eigenvalue weighted by molar-refractivity contribution is 0.0939. The Hall–Kier alpha value is -1.63. The maximum absolute atomic E-state index is 11.7. The van der Waals surface area contributed by atoms with Gasteiger partial charge in [-0.2, -0.15) is 4.98 Å².